The summed E-state index contributed by atoms with van der Waals surface area (Å²) in [5.74, 6) is 1.18. The molecule has 0 bridgehead atoms. The Bertz CT molecular complexity index is 662. The van der Waals surface area contributed by atoms with Crippen molar-refractivity contribution in [3.8, 4) is 22.5 Å². The van der Waals surface area contributed by atoms with Crippen molar-refractivity contribution in [1.29, 1.82) is 0 Å². The summed E-state index contributed by atoms with van der Waals surface area (Å²) in [6, 6.07) is 12.0. The number of hydrogen-bond acceptors (Lipinski definition) is 4. The summed E-state index contributed by atoms with van der Waals surface area (Å²) >= 11 is 0. The first-order valence-corrected chi connectivity index (χ1v) is 5.64. The minimum absolute atomic E-state index is 0.569. The number of aromatic nitrogens is 3. The van der Waals surface area contributed by atoms with E-state index < -0.39 is 0 Å². The predicted octanol–water partition coefficient (Wildman–Crippen LogP) is 3.11. The van der Waals surface area contributed by atoms with Gasteiger partial charge in [-0.1, -0.05) is 23.4 Å². The SMILES string of the molecule is Cc1nc(-c2cccc(-c3ccncc3)c2)no1. The molecule has 0 radical (unpaired) electrons. The molecule has 4 heteroatoms. The maximum Gasteiger partial charge on any atom is 0.223 e. The number of nitrogens with zero attached hydrogens (tertiary/aromatic N) is 3. The van der Waals surface area contributed by atoms with E-state index in [0.29, 0.717) is 11.7 Å². The first-order valence-electron chi connectivity index (χ1n) is 5.64. The van der Waals surface area contributed by atoms with E-state index in [2.05, 4.69) is 15.1 Å². The standard InChI is InChI=1S/C14H11N3O/c1-10-16-14(17-18-10)13-4-2-3-12(9-13)11-5-7-15-8-6-11/h2-9H,1H3. The van der Waals surface area contributed by atoms with Crippen molar-refractivity contribution in [3.63, 3.8) is 0 Å². The highest BCUT2D eigenvalue weighted by atomic mass is 16.5. The molecule has 88 valence electrons. The molecule has 0 aliphatic heterocycles. The monoisotopic (exact) mass is 237 g/mol. The van der Waals surface area contributed by atoms with Crippen molar-refractivity contribution in [2.24, 2.45) is 0 Å². The normalized spacial score (nSPS) is 10.5. The Morgan fingerprint density at radius 3 is 2.44 bits per heavy atom. The van der Waals surface area contributed by atoms with Crippen LogP contribution in [-0.4, -0.2) is 15.1 Å². The van der Waals surface area contributed by atoms with E-state index in [1.807, 2.05) is 36.4 Å². The molecule has 3 rings (SSSR count). The Kier molecular flexibility index (Phi) is 2.61. The number of aryl methyl sites for hydroxylation is 1. The van der Waals surface area contributed by atoms with E-state index in [0.717, 1.165) is 16.7 Å². The molecule has 0 unspecified atom stereocenters. The first kappa shape index (κ1) is 10.7. The van der Waals surface area contributed by atoms with Gasteiger partial charge in [0.15, 0.2) is 0 Å². The molecule has 0 saturated heterocycles. The fourth-order valence-corrected chi connectivity index (χ4v) is 1.80. The van der Waals surface area contributed by atoms with Gasteiger partial charge in [-0.2, -0.15) is 4.98 Å². The summed E-state index contributed by atoms with van der Waals surface area (Å²) in [7, 11) is 0. The van der Waals surface area contributed by atoms with Gasteiger partial charge >= 0.3 is 0 Å². The molecular formula is C14H11N3O. The summed E-state index contributed by atoms with van der Waals surface area (Å²) in [5.41, 5.74) is 3.17. The summed E-state index contributed by atoms with van der Waals surface area (Å²) < 4.78 is 4.99. The lowest BCUT2D eigenvalue weighted by Gasteiger charge is -2.02. The fourth-order valence-electron chi connectivity index (χ4n) is 1.80. The zero-order chi connectivity index (χ0) is 12.4. The second kappa shape index (κ2) is 4.41. The van der Waals surface area contributed by atoms with Gasteiger partial charge in [-0.05, 0) is 29.3 Å². The number of benzene rings is 1. The molecule has 4 nitrogen and oxygen atoms in total. The van der Waals surface area contributed by atoms with Crippen LogP contribution in [-0.2, 0) is 0 Å². The van der Waals surface area contributed by atoms with Crippen molar-refractivity contribution in [2.45, 2.75) is 6.92 Å². The Morgan fingerprint density at radius 2 is 1.72 bits per heavy atom. The van der Waals surface area contributed by atoms with Crippen LogP contribution in [0.2, 0.25) is 0 Å². The summed E-state index contributed by atoms with van der Waals surface area (Å²) in [6.07, 6.45) is 3.56. The van der Waals surface area contributed by atoms with Crippen LogP contribution in [0.5, 0.6) is 0 Å². The van der Waals surface area contributed by atoms with Gasteiger partial charge in [0.25, 0.3) is 0 Å². The molecule has 0 aliphatic carbocycles. The Labute approximate surface area is 104 Å². The zero-order valence-corrected chi connectivity index (χ0v) is 9.87. The third kappa shape index (κ3) is 2.00. The lowest BCUT2D eigenvalue weighted by molar-refractivity contribution is 0.394. The third-order valence-electron chi connectivity index (χ3n) is 2.66. The van der Waals surface area contributed by atoms with Crippen LogP contribution in [0, 0.1) is 6.92 Å². The van der Waals surface area contributed by atoms with Crippen LogP contribution < -0.4 is 0 Å². The molecule has 0 N–H and O–H groups in total. The Balaban J connectivity index is 2.05. The van der Waals surface area contributed by atoms with Crippen molar-refractivity contribution in [3.05, 3.63) is 54.7 Å². The van der Waals surface area contributed by atoms with Crippen LogP contribution in [0.15, 0.2) is 53.3 Å². The molecular weight excluding hydrogens is 226 g/mol. The highest BCUT2D eigenvalue weighted by Crippen LogP contribution is 2.24. The second-order valence-electron chi connectivity index (χ2n) is 3.95. The number of pyridine rings is 1. The molecule has 2 heterocycles. The van der Waals surface area contributed by atoms with Gasteiger partial charge in [-0.3, -0.25) is 4.98 Å². The van der Waals surface area contributed by atoms with E-state index in [4.69, 9.17) is 4.52 Å². The van der Waals surface area contributed by atoms with Crippen LogP contribution in [0.1, 0.15) is 5.89 Å². The van der Waals surface area contributed by atoms with Gasteiger partial charge in [-0.25, -0.2) is 0 Å². The van der Waals surface area contributed by atoms with Crippen molar-refractivity contribution in [1.82, 2.24) is 15.1 Å². The van der Waals surface area contributed by atoms with E-state index in [-0.39, 0.29) is 0 Å². The van der Waals surface area contributed by atoms with Crippen LogP contribution in [0.4, 0.5) is 0 Å². The van der Waals surface area contributed by atoms with Crippen LogP contribution >= 0.6 is 0 Å². The molecule has 0 saturated carbocycles. The fraction of sp³-hybridized carbons (Fsp3) is 0.0714. The topological polar surface area (TPSA) is 51.8 Å². The molecule has 0 atom stereocenters. The quantitative estimate of drug-likeness (QED) is 0.687. The van der Waals surface area contributed by atoms with Gasteiger partial charge in [0.05, 0.1) is 0 Å². The maximum absolute atomic E-state index is 4.99. The number of hydrogen-bond donors (Lipinski definition) is 0. The largest absolute Gasteiger partial charge is 0.339 e. The Morgan fingerprint density at radius 1 is 0.944 bits per heavy atom. The second-order valence-corrected chi connectivity index (χ2v) is 3.95. The van der Waals surface area contributed by atoms with Gasteiger partial charge in [-0.15, -0.1) is 0 Å². The molecule has 1 aromatic carbocycles. The van der Waals surface area contributed by atoms with Crippen molar-refractivity contribution in [2.75, 3.05) is 0 Å². The van der Waals surface area contributed by atoms with Crippen LogP contribution in [0.25, 0.3) is 22.5 Å². The number of rotatable bonds is 2. The average molecular weight is 237 g/mol. The minimum Gasteiger partial charge on any atom is -0.339 e. The highest BCUT2D eigenvalue weighted by Gasteiger charge is 2.06. The van der Waals surface area contributed by atoms with Gasteiger partial charge in [0, 0.05) is 24.9 Å². The molecule has 0 aliphatic rings. The highest BCUT2D eigenvalue weighted by molar-refractivity contribution is 5.69. The van der Waals surface area contributed by atoms with Gasteiger partial charge < -0.3 is 4.52 Å². The average Bonchev–Trinajstić information content (AvgIpc) is 2.87. The van der Waals surface area contributed by atoms with Crippen molar-refractivity contribution < 1.29 is 4.52 Å². The molecule has 18 heavy (non-hydrogen) atoms. The molecule has 3 aromatic rings. The lowest BCUT2D eigenvalue weighted by Crippen LogP contribution is -1.83. The summed E-state index contributed by atoms with van der Waals surface area (Å²) in [6.45, 7) is 1.78. The molecule has 0 spiro atoms. The lowest BCUT2D eigenvalue weighted by atomic mass is 10.0. The Hall–Kier alpha value is -2.49. The molecule has 0 amide bonds. The molecule has 2 aromatic heterocycles. The summed E-state index contributed by atoms with van der Waals surface area (Å²) in [5, 5.41) is 3.92. The van der Waals surface area contributed by atoms with Crippen LogP contribution in [0.3, 0.4) is 0 Å². The molecule has 0 fully saturated rings. The van der Waals surface area contributed by atoms with Gasteiger partial charge in [0.1, 0.15) is 0 Å². The summed E-state index contributed by atoms with van der Waals surface area (Å²) in [4.78, 5) is 8.24. The smallest absolute Gasteiger partial charge is 0.223 e. The zero-order valence-electron chi connectivity index (χ0n) is 9.87. The maximum atomic E-state index is 4.99. The van der Waals surface area contributed by atoms with Crippen molar-refractivity contribution >= 4 is 0 Å². The minimum atomic E-state index is 0.569. The van der Waals surface area contributed by atoms with E-state index in [1.54, 1.807) is 19.3 Å². The van der Waals surface area contributed by atoms with Gasteiger partial charge in [0.2, 0.25) is 11.7 Å². The predicted molar refractivity (Wildman–Crippen MR) is 67.7 cm³/mol. The van der Waals surface area contributed by atoms with E-state index >= 15 is 0 Å². The third-order valence-corrected chi connectivity index (χ3v) is 2.66. The van der Waals surface area contributed by atoms with E-state index in [1.165, 1.54) is 0 Å². The van der Waals surface area contributed by atoms with E-state index in [9.17, 15) is 0 Å². The first-order chi connectivity index (χ1) is 8.83.